The van der Waals surface area contributed by atoms with Crippen molar-refractivity contribution in [2.75, 3.05) is 13.7 Å². The summed E-state index contributed by atoms with van der Waals surface area (Å²) in [6.07, 6.45) is 0. The van der Waals surface area contributed by atoms with E-state index in [0.717, 1.165) is 21.3 Å². The summed E-state index contributed by atoms with van der Waals surface area (Å²) >= 11 is 3.47. The van der Waals surface area contributed by atoms with E-state index in [0.29, 0.717) is 12.6 Å². The van der Waals surface area contributed by atoms with Gasteiger partial charge in [-0.25, -0.2) is 4.79 Å². The number of hydrogen-bond donors (Lipinski definition) is 1. The van der Waals surface area contributed by atoms with Crippen LogP contribution in [0.3, 0.4) is 0 Å². The van der Waals surface area contributed by atoms with E-state index in [1.807, 2.05) is 19.1 Å². The molecule has 0 aromatic heterocycles. The van der Waals surface area contributed by atoms with Crippen molar-refractivity contribution in [1.82, 2.24) is 5.32 Å². The highest BCUT2D eigenvalue weighted by Gasteiger charge is 2.11. The Kier molecular flexibility index (Phi) is 6.31. The minimum Gasteiger partial charge on any atom is -0.481 e. The second-order valence-corrected chi connectivity index (χ2v) is 5.53. The number of halogens is 1. The van der Waals surface area contributed by atoms with Crippen molar-refractivity contribution in [2.45, 2.75) is 33.4 Å². The van der Waals surface area contributed by atoms with Gasteiger partial charge in [0, 0.05) is 22.6 Å². The fourth-order valence-electron chi connectivity index (χ4n) is 1.64. The maximum Gasteiger partial charge on any atom is 0.343 e. The highest BCUT2D eigenvalue weighted by Crippen LogP contribution is 2.28. The molecule has 0 radical (unpaired) electrons. The molecular weight excluding hydrogens is 310 g/mol. The van der Waals surface area contributed by atoms with Gasteiger partial charge in [-0.3, -0.25) is 0 Å². The van der Waals surface area contributed by atoms with Crippen molar-refractivity contribution in [3.05, 3.63) is 27.7 Å². The van der Waals surface area contributed by atoms with E-state index in [2.05, 4.69) is 39.8 Å². The molecule has 0 fully saturated rings. The van der Waals surface area contributed by atoms with E-state index in [9.17, 15) is 4.79 Å². The van der Waals surface area contributed by atoms with Crippen LogP contribution < -0.4 is 10.1 Å². The molecule has 0 unspecified atom stereocenters. The highest BCUT2D eigenvalue weighted by molar-refractivity contribution is 9.10. The second-order valence-electron chi connectivity index (χ2n) is 4.61. The average Bonchev–Trinajstić information content (AvgIpc) is 2.34. The van der Waals surface area contributed by atoms with Crippen molar-refractivity contribution in [1.29, 1.82) is 0 Å². The summed E-state index contributed by atoms with van der Waals surface area (Å²) < 4.78 is 11.2. The second kappa shape index (κ2) is 7.50. The first-order chi connectivity index (χ1) is 8.93. The third kappa shape index (κ3) is 5.20. The Hall–Kier alpha value is -1.07. The summed E-state index contributed by atoms with van der Waals surface area (Å²) in [6.45, 7) is 6.73. The fraction of sp³-hybridized carbons (Fsp3) is 0.500. The number of carbonyl (C=O) groups excluding carboxylic acids is 1. The van der Waals surface area contributed by atoms with Crippen molar-refractivity contribution >= 4 is 21.9 Å². The lowest BCUT2D eigenvalue weighted by Gasteiger charge is -2.16. The number of esters is 1. The SMILES string of the molecule is COC(=O)COc1c(C)cc(Br)cc1CNC(C)C. The summed E-state index contributed by atoms with van der Waals surface area (Å²) in [6, 6.07) is 4.34. The number of methoxy groups -OCH3 is 1. The standard InChI is InChI=1S/C14H20BrNO3/c1-9(2)16-7-11-6-12(15)5-10(3)14(11)19-8-13(17)18-4/h5-6,9,16H,7-8H2,1-4H3. The third-order valence-electron chi connectivity index (χ3n) is 2.58. The molecule has 1 N–H and O–H groups in total. The Labute approximate surface area is 122 Å². The van der Waals surface area contributed by atoms with E-state index in [1.54, 1.807) is 0 Å². The van der Waals surface area contributed by atoms with Gasteiger partial charge >= 0.3 is 5.97 Å². The molecule has 0 bridgehead atoms. The van der Waals surface area contributed by atoms with Crippen LogP contribution in [0.1, 0.15) is 25.0 Å². The number of rotatable bonds is 6. The van der Waals surface area contributed by atoms with Crippen LogP contribution in [0.4, 0.5) is 0 Å². The molecule has 0 aliphatic rings. The Balaban J connectivity index is 2.89. The third-order valence-corrected chi connectivity index (χ3v) is 3.04. The molecule has 0 saturated heterocycles. The number of ether oxygens (including phenoxy) is 2. The maximum absolute atomic E-state index is 11.2. The molecule has 0 spiro atoms. The Bertz CT molecular complexity index is 447. The lowest BCUT2D eigenvalue weighted by molar-refractivity contribution is -0.142. The zero-order chi connectivity index (χ0) is 14.4. The van der Waals surface area contributed by atoms with Gasteiger partial charge in [0.2, 0.25) is 0 Å². The van der Waals surface area contributed by atoms with Gasteiger partial charge in [-0.05, 0) is 24.6 Å². The van der Waals surface area contributed by atoms with E-state index >= 15 is 0 Å². The molecule has 1 aromatic rings. The van der Waals surface area contributed by atoms with Gasteiger partial charge in [-0.15, -0.1) is 0 Å². The van der Waals surface area contributed by atoms with E-state index < -0.39 is 0 Å². The van der Waals surface area contributed by atoms with Gasteiger partial charge in [-0.2, -0.15) is 0 Å². The maximum atomic E-state index is 11.2. The highest BCUT2D eigenvalue weighted by atomic mass is 79.9. The Morgan fingerprint density at radius 1 is 1.42 bits per heavy atom. The number of carbonyl (C=O) groups is 1. The zero-order valence-electron chi connectivity index (χ0n) is 11.7. The van der Waals surface area contributed by atoms with Crippen LogP contribution in [-0.4, -0.2) is 25.7 Å². The van der Waals surface area contributed by atoms with E-state index in [-0.39, 0.29) is 12.6 Å². The molecule has 1 rings (SSSR count). The van der Waals surface area contributed by atoms with Crippen LogP contribution in [0.5, 0.6) is 5.75 Å². The number of hydrogen-bond acceptors (Lipinski definition) is 4. The first-order valence-electron chi connectivity index (χ1n) is 6.16. The van der Waals surface area contributed by atoms with Crippen molar-refractivity contribution in [3.63, 3.8) is 0 Å². The molecule has 4 nitrogen and oxygen atoms in total. The lowest BCUT2D eigenvalue weighted by Crippen LogP contribution is -2.23. The fourth-order valence-corrected chi connectivity index (χ4v) is 2.26. The van der Waals surface area contributed by atoms with Crippen LogP contribution in [0.2, 0.25) is 0 Å². The summed E-state index contributed by atoms with van der Waals surface area (Å²) in [5, 5.41) is 3.34. The van der Waals surface area contributed by atoms with Crippen LogP contribution in [0.15, 0.2) is 16.6 Å². The van der Waals surface area contributed by atoms with Crippen LogP contribution in [-0.2, 0) is 16.1 Å². The Morgan fingerprint density at radius 2 is 2.11 bits per heavy atom. The van der Waals surface area contributed by atoms with Crippen molar-refractivity contribution in [3.8, 4) is 5.75 Å². The first-order valence-corrected chi connectivity index (χ1v) is 6.95. The van der Waals surface area contributed by atoms with Crippen LogP contribution in [0.25, 0.3) is 0 Å². The minimum absolute atomic E-state index is 0.0757. The van der Waals surface area contributed by atoms with E-state index in [4.69, 9.17) is 4.74 Å². The molecule has 5 heteroatoms. The quantitative estimate of drug-likeness (QED) is 0.815. The average molecular weight is 330 g/mol. The Morgan fingerprint density at radius 3 is 2.68 bits per heavy atom. The normalized spacial score (nSPS) is 10.6. The summed E-state index contributed by atoms with van der Waals surface area (Å²) in [5.74, 6) is 0.354. The molecule has 0 heterocycles. The topological polar surface area (TPSA) is 47.6 Å². The van der Waals surface area contributed by atoms with Crippen molar-refractivity contribution < 1.29 is 14.3 Å². The predicted molar refractivity (Wildman–Crippen MR) is 78.4 cm³/mol. The van der Waals surface area contributed by atoms with Gasteiger partial charge in [0.05, 0.1) is 7.11 Å². The first kappa shape index (κ1) is 16.0. The van der Waals surface area contributed by atoms with Gasteiger partial charge in [0.15, 0.2) is 6.61 Å². The smallest absolute Gasteiger partial charge is 0.343 e. The number of aryl methyl sites for hydroxylation is 1. The monoisotopic (exact) mass is 329 g/mol. The summed E-state index contributed by atoms with van der Waals surface area (Å²) in [5.41, 5.74) is 2.00. The number of nitrogens with one attached hydrogen (secondary N) is 1. The molecule has 19 heavy (non-hydrogen) atoms. The summed E-state index contributed by atoms with van der Waals surface area (Å²) in [7, 11) is 1.35. The van der Waals surface area contributed by atoms with Gasteiger partial charge in [-0.1, -0.05) is 29.8 Å². The van der Waals surface area contributed by atoms with Gasteiger partial charge < -0.3 is 14.8 Å². The molecular formula is C14H20BrNO3. The molecule has 1 aromatic carbocycles. The molecule has 0 aliphatic carbocycles. The largest absolute Gasteiger partial charge is 0.481 e. The summed E-state index contributed by atoms with van der Waals surface area (Å²) in [4.78, 5) is 11.2. The van der Waals surface area contributed by atoms with E-state index in [1.165, 1.54) is 7.11 Å². The van der Waals surface area contributed by atoms with Gasteiger partial charge in [0.25, 0.3) is 0 Å². The van der Waals surface area contributed by atoms with Crippen LogP contribution in [0, 0.1) is 6.92 Å². The number of benzene rings is 1. The molecule has 0 aliphatic heterocycles. The molecule has 106 valence electrons. The van der Waals surface area contributed by atoms with Gasteiger partial charge in [0.1, 0.15) is 5.75 Å². The molecule has 0 atom stereocenters. The lowest BCUT2D eigenvalue weighted by atomic mass is 10.1. The predicted octanol–water partition coefficient (Wildman–Crippen LogP) is 2.81. The van der Waals surface area contributed by atoms with Crippen LogP contribution >= 0.6 is 15.9 Å². The molecule has 0 saturated carbocycles. The zero-order valence-corrected chi connectivity index (χ0v) is 13.3. The minimum atomic E-state index is -0.384. The molecule has 0 amide bonds. The van der Waals surface area contributed by atoms with Crippen molar-refractivity contribution in [2.24, 2.45) is 0 Å².